The molecule has 0 atom stereocenters. The van der Waals surface area contributed by atoms with E-state index < -0.39 is 0 Å². The Kier molecular flexibility index (Phi) is 3.76. The first-order valence-corrected chi connectivity index (χ1v) is 6.94. The van der Waals surface area contributed by atoms with Crippen LogP contribution in [0.4, 0.5) is 0 Å². The molecular weight excluding hydrogens is 240 g/mol. The standard InChI is InChI=1S/C15H26N2O2/c1-12(13(18)16(5)7-14(2,3)4)6-17-8-15(9-17)10-19-11-15/h1,6-11H2,2-5H3. The van der Waals surface area contributed by atoms with E-state index in [1.807, 2.05) is 7.05 Å². The molecule has 1 amide bonds. The zero-order valence-corrected chi connectivity index (χ0v) is 12.7. The van der Waals surface area contributed by atoms with Gasteiger partial charge in [0.05, 0.1) is 13.2 Å². The molecule has 2 fully saturated rings. The van der Waals surface area contributed by atoms with Gasteiger partial charge in [0, 0.05) is 44.2 Å². The van der Waals surface area contributed by atoms with Crippen molar-refractivity contribution in [3.05, 3.63) is 12.2 Å². The predicted octanol–water partition coefficient (Wildman–Crippen LogP) is 1.38. The maximum Gasteiger partial charge on any atom is 0.250 e. The smallest absolute Gasteiger partial charge is 0.250 e. The molecule has 4 heteroatoms. The second-order valence-electron chi connectivity index (χ2n) is 7.46. The molecule has 0 aromatic rings. The van der Waals surface area contributed by atoms with Gasteiger partial charge >= 0.3 is 0 Å². The molecule has 0 bridgehead atoms. The van der Waals surface area contributed by atoms with Gasteiger partial charge in [0.1, 0.15) is 0 Å². The first kappa shape index (κ1) is 14.5. The Hall–Kier alpha value is -0.870. The van der Waals surface area contributed by atoms with Crippen molar-refractivity contribution in [3.63, 3.8) is 0 Å². The van der Waals surface area contributed by atoms with Crippen molar-refractivity contribution in [1.29, 1.82) is 0 Å². The molecule has 2 aliphatic heterocycles. The van der Waals surface area contributed by atoms with E-state index >= 15 is 0 Å². The van der Waals surface area contributed by atoms with Gasteiger partial charge in [-0.05, 0) is 5.41 Å². The number of carbonyl (C=O) groups excluding carboxylic acids is 1. The molecule has 2 rings (SSSR count). The molecule has 2 heterocycles. The van der Waals surface area contributed by atoms with Crippen LogP contribution in [0.3, 0.4) is 0 Å². The van der Waals surface area contributed by atoms with Crippen LogP contribution in [-0.2, 0) is 9.53 Å². The number of hydrogen-bond acceptors (Lipinski definition) is 3. The van der Waals surface area contributed by atoms with Crippen LogP contribution in [-0.4, -0.2) is 62.1 Å². The van der Waals surface area contributed by atoms with Gasteiger partial charge in [-0.1, -0.05) is 27.4 Å². The molecule has 2 saturated heterocycles. The second-order valence-corrected chi connectivity index (χ2v) is 7.46. The Bertz CT molecular complexity index is 372. The largest absolute Gasteiger partial charge is 0.380 e. The van der Waals surface area contributed by atoms with E-state index in [1.54, 1.807) is 4.90 Å². The average Bonchev–Trinajstić information content (AvgIpc) is 2.15. The van der Waals surface area contributed by atoms with E-state index in [1.165, 1.54) is 0 Å². The number of likely N-dealkylation sites (tertiary alicyclic amines) is 1. The van der Waals surface area contributed by atoms with Crippen molar-refractivity contribution < 1.29 is 9.53 Å². The maximum atomic E-state index is 12.2. The summed E-state index contributed by atoms with van der Waals surface area (Å²) in [7, 11) is 1.86. The van der Waals surface area contributed by atoms with Crippen LogP contribution in [0.2, 0.25) is 0 Å². The molecule has 108 valence electrons. The number of rotatable bonds is 4. The third-order valence-electron chi connectivity index (χ3n) is 3.71. The van der Waals surface area contributed by atoms with Crippen molar-refractivity contribution in [3.8, 4) is 0 Å². The summed E-state index contributed by atoms with van der Waals surface area (Å²) in [4.78, 5) is 16.3. The monoisotopic (exact) mass is 266 g/mol. The average molecular weight is 266 g/mol. The molecular formula is C15H26N2O2. The number of hydrogen-bond donors (Lipinski definition) is 0. The highest BCUT2D eigenvalue weighted by Crippen LogP contribution is 2.37. The van der Waals surface area contributed by atoms with Gasteiger partial charge in [0.15, 0.2) is 0 Å². The Morgan fingerprint density at radius 3 is 2.37 bits per heavy atom. The van der Waals surface area contributed by atoms with E-state index in [-0.39, 0.29) is 11.3 Å². The van der Waals surface area contributed by atoms with Crippen LogP contribution < -0.4 is 0 Å². The molecule has 4 nitrogen and oxygen atoms in total. The number of carbonyl (C=O) groups is 1. The Morgan fingerprint density at radius 1 is 1.37 bits per heavy atom. The molecule has 0 radical (unpaired) electrons. The lowest BCUT2D eigenvalue weighted by molar-refractivity contribution is -0.187. The molecule has 0 aromatic carbocycles. The fraction of sp³-hybridized carbons (Fsp3) is 0.800. The molecule has 0 aliphatic carbocycles. The van der Waals surface area contributed by atoms with E-state index in [0.29, 0.717) is 17.5 Å². The normalized spacial score (nSPS) is 21.7. The summed E-state index contributed by atoms with van der Waals surface area (Å²) in [5.74, 6) is 0.0701. The predicted molar refractivity (Wildman–Crippen MR) is 75.9 cm³/mol. The second kappa shape index (κ2) is 4.91. The number of ether oxygens (including phenoxy) is 1. The first-order valence-electron chi connectivity index (χ1n) is 6.94. The minimum atomic E-state index is 0.0701. The van der Waals surface area contributed by atoms with E-state index in [0.717, 1.165) is 32.8 Å². The van der Waals surface area contributed by atoms with Gasteiger partial charge in [-0.3, -0.25) is 9.69 Å². The summed E-state index contributed by atoms with van der Waals surface area (Å²) < 4.78 is 5.25. The van der Waals surface area contributed by atoms with Crippen molar-refractivity contribution in [2.45, 2.75) is 20.8 Å². The van der Waals surface area contributed by atoms with Crippen LogP contribution in [0.1, 0.15) is 20.8 Å². The van der Waals surface area contributed by atoms with Crippen molar-refractivity contribution in [1.82, 2.24) is 9.80 Å². The Labute approximate surface area is 116 Å². The Balaban J connectivity index is 1.75. The Morgan fingerprint density at radius 2 is 1.95 bits per heavy atom. The summed E-state index contributed by atoms with van der Waals surface area (Å²) in [6.07, 6.45) is 0. The molecule has 0 saturated carbocycles. The lowest BCUT2D eigenvalue weighted by atomic mass is 9.78. The van der Waals surface area contributed by atoms with Gasteiger partial charge in [-0.15, -0.1) is 0 Å². The van der Waals surface area contributed by atoms with Gasteiger partial charge in [-0.25, -0.2) is 0 Å². The summed E-state index contributed by atoms with van der Waals surface area (Å²) in [6, 6.07) is 0. The van der Waals surface area contributed by atoms with E-state index in [4.69, 9.17) is 4.74 Å². The lowest BCUT2D eigenvalue weighted by Crippen LogP contribution is -2.66. The topological polar surface area (TPSA) is 32.8 Å². The van der Waals surface area contributed by atoms with Crippen molar-refractivity contribution in [2.75, 3.05) is 46.4 Å². The summed E-state index contributed by atoms with van der Waals surface area (Å²) in [6.45, 7) is 15.7. The molecule has 19 heavy (non-hydrogen) atoms. The highest BCUT2D eigenvalue weighted by molar-refractivity contribution is 5.93. The van der Waals surface area contributed by atoms with Crippen LogP contribution in [0, 0.1) is 10.8 Å². The highest BCUT2D eigenvalue weighted by Gasteiger charge is 2.48. The van der Waals surface area contributed by atoms with Gasteiger partial charge in [-0.2, -0.15) is 0 Å². The molecule has 0 aromatic heterocycles. The molecule has 0 unspecified atom stereocenters. The fourth-order valence-electron chi connectivity index (χ4n) is 2.98. The fourth-order valence-corrected chi connectivity index (χ4v) is 2.98. The van der Waals surface area contributed by atoms with Gasteiger partial charge in [0.25, 0.3) is 0 Å². The number of likely N-dealkylation sites (N-methyl/N-ethyl adjacent to an activating group) is 1. The SMILES string of the molecule is C=C(CN1CC2(COC2)C1)C(=O)N(C)CC(C)(C)C. The van der Waals surface area contributed by atoms with Crippen molar-refractivity contribution >= 4 is 5.91 Å². The maximum absolute atomic E-state index is 12.2. The first-order chi connectivity index (χ1) is 8.71. The van der Waals surface area contributed by atoms with Crippen LogP contribution in [0.15, 0.2) is 12.2 Å². The quantitative estimate of drug-likeness (QED) is 0.721. The summed E-state index contributed by atoms with van der Waals surface area (Å²) in [5, 5.41) is 0. The minimum Gasteiger partial charge on any atom is -0.380 e. The molecule has 1 spiro atoms. The molecule has 0 N–H and O–H groups in total. The number of amides is 1. The summed E-state index contributed by atoms with van der Waals surface area (Å²) >= 11 is 0. The third-order valence-corrected chi connectivity index (χ3v) is 3.71. The van der Waals surface area contributed by atoms with Crippen LogP contribution in [0.25, 0.3) is 0 Å². The number of nitrogens with zero attached hydrogens (tertiary/aromatic N) is 2. The minimum absolute atomic E-state index is 0.0701. The lowest BCUT2D eigenvalue weighted by Gasteiger charge is -2.55. The zero-order valence-electron chi connectivity index (χ0n) is 12.7. The van der Waals surface area contributed by atoms with Gasteiger partial charge in [0.2, 0.25) is 5.91 Å². The molecule has 2 aliphatic rings. The zero-order chi connectivity index (χ0) is 14.3. The highest BCUT2D eigenvalue weighted by atomic mass is 16.5. The summed E-state index contributed by atoms with van der Waals surface area (Å²) in [5.41, 5.74) is 1.22. The van der Waals surface area contributed by atoms with Crippen LogP contribution in [0.5, 0.6) is 0 Å². The van der Waals surface area contributed by atoms with Crippen LogP contribution >= 0.6 is 0 Å². The van der Waals surface area contributed by atoms with E-state index in [2.05, 4.69) is 32.3 Å². The van der Waals surface area contributed by atoms with Gasteiger partial charge < -0.3 is 9.64 Å². The van der Waals surface area contributed by atoms with Crippen molar-refractivity contribution in [2.24, 2.45) is 10.8 Å². The third kappa shape index (κ3) is 3.37. The van der Waals surface area contributed by atoms with E-state index in [9.17, 15) is 4.79 Å².